The van der Waals surface area contributed by atoms with Gasteiger partial charge < -0.3 is 10.6 Å². The van der Waals surface area contributed by atoms with Gasteiger partial charge in [-0.1, -0.05) is 62.4 Å². The van der Waals surface area contributed by atoms with E-state index in [0.29, 0.717) is 22.9 Å². The van der Waals surface area contributed by atoms with Gasteiger partial charge in [0.15, 0.2) is 0 Å². The largest absolute Gasteiger partial charge is 0.381 e. The van der Waals surface area contributed by atoms with E-state index in [1.165, 1.54) is 5.56 Å². The minimum absolute atomic E-state index is 0.186. The van der Waals surface area contributed by atoms with E-state index >= 15 is 0 Å². The van der Waals surface area contributed by atoms with Crippen LogP contribution < -0.4 is 10.6 Å². The number of rotatable bonds is 8. The second-order valence-electron chi connectivity index (χ2n) is 7.49. The van der Waals surface area contributed by atoms with Gasteiger partial charge in [-0.2, -0.15) is 0 Å². The van der Waals surface area contributed by atoms with Crippen LogP contribution in [0.25, 0.3) is 11.1 Å². The second-order valence-corrected chi connectivity index (χ2v) is 7.49. The Balaban J connectivity index is 1.84. The maximum Gasteiger partial charge on any atom is 0.255 e. The van der Waals surface area contributed by atoms with Crippen molar-refractivity contribution in [2.24, 2.45) is 5.92 Å². The van der Waals surface area contributed by atoms with E-state index in [4.69, 9.17) is 0 Å². The lowest BCUT2D eigenvalue weighted by Crippen LogP contribution is -2.14. The fraction of sp³-hybridized carbons (Fsp3) is 0.240. The first kappa shape index (κ1) is 20.6. The van der Waals surface area contributed by atoms with Gasteiger partial charge in [0.25, 0.3) is 5.91 Å². The summed E-state index contributed by atoms with van der Waals surface area (Å²) in [5.74, 6) is 0.383. The summed E-state index contributed by atoms with van der Waals surface area (Å²) in [5, 5.41) is 6.02. The quantitative estimate of drug-likeness (QED) is 0.482. The molecule has 150 valence electrons. The van der Waals surface area contributed by atoms with Gasteiger partial charge in [-0.25, -0.2) is 4.39 Å². The van der Waals surface area contributed by atoms with Crippen LogP contribution in [0, 0.1) is 5.92 Å². The monoisotopic (exact) mass is 389 g/mol. The predicted octanol–water partition coefficient (Wildman–Crippen LogP) is 6.19. The molecule has 0 aromatic heterocycles. The summed E-state index contributed by atoms with van der Waals surface area (Å²) in [6, 6.07) is 23.4. The number of benzene rings is 3. The summed E-state index contributed by atoms with van der Waals surface area (Å²) in [4.78, 5) is 12.8. The Labute approximate surface area is 172 Å². The lowest BCUT2D eigenvalue weighted by Gasteiger charge is -2.15. The van der Waals surface area contributed by atoms with E-state index in [1.807, 2.05) is 72.8 Å². The van der Waals surface area contributed by atoms with Gasteiger partial charge in [0, 0.05) is 12.1 Å². The van der Waals surface area contributed by atoms with E-state index in [-0.39, 0.29) is 12.5 Å². The van der Waals surface area contributed by atoms with Gasteiger partial charge in [0.05, 0.1) is 11.4 Å². The molecule has 0 aliphatic heterocycles. The molecular formula is C25H27FN2O. The molecule has 3 rings (SSSR count). The zero-order valence-electron chi connectivity index (χ0n) is 16.9. The number of halogens is 1. The van der Waals surface area contributed by atoms with Crippen LogP contribution in [0.2, 0.25) is 0 Å². The van der Waals surface area contributed by atoms with E-state index in [9.17, 15) is 9.18 Å². The highest BCUT2D eigenvalue weighted by molar-refractivity contribution is 6.06. The lowest BCUT2D eigenvalue weighted by atomic mass is 10.0. The number of hydrogen-bond donors (Lipinski definition) is 2. The molecule has 4 heteroatoms. The highest BCUT2D eigenvalue weighted by Crippen LogP contribution is 2.29. The molecule has 0 unspecified atom stereocenters. The normalized spacial score (nSPS) is 10.8. The summed E-state index contributed by atoms with van der Waals surface area (Å²) in [6.07, 6.45) is 0.984. The molecule has 0 aliphatic carbocycles. The fourth-order valence-electron chi connectivity index (χ4n) is 3.25. The average molecular weight is 390 g/mol. The van der Waals surface area contributed by atoms with Crippen molar-refractivity contribution < 1.29 is 9.18 Å². The van der Waals surface area contributed by atoms with Gasteiger partial charge in [0.2, 0.25) is 0 Å². The van der Waals surface area contributed by atoms with Crippen molar-refractivity contribution in [3.05, 3.63) is 83.9 Å². The number of carbonyl (C=O) groups excluding carboxylic acids is 1. The van der Waals surface area contributed by atoms with Crippen molar-refractivity contribution in [2.75, 3.05) is 23.9 Å². The topological polar surface area (TPSA) is 41.1 Å². The third-order valence-electron chi connectivity index (χ3n) is 4.64. The Kier molecular flexibility index (Phi) is 7.01. The Hall–Kier alpha value is -3.14. The van der Waals surface area contributed by atoms with Crippen LogP contribution in [0.15, 0.2) is 72.8 Å². The van der Waals surface area contributed by atoms with E-state index in [1.54, 1.807) is 0 Å². The predicted molar refractivity (Wildman–Crippen MR) is 119 cm³/mol. The Morgan fingerprint density at radius 3 is 2.28 bits per heavy atom. The molecule has 3 aromatic rings. The van der Waals surface area contributed by atoms with Gasteiger partial charge in [-0.3, -0.25) is 4.79 Å². The first-order valence-electron chi connectivity index (χ1n) is 9.96. The highest BCUT2D eigenvalue weighted by atomic mass is 18.2. The SMILES string of the molecule is CC(C)Cc1ccc(C(=O)Nc2cc(-c3ccccc3)ccc2NCC[18F])cc1. The number of anilines is 2. The zero-order valence-corrected chi connectivity index (χ0v) is 16.9. The molecule has 0 heterocycles. The molecule has 0 aliphatic rings. The summed E-state index contributed by atoms with van der Waals surface area (Å²) in [5.41, 5.74) is 5.19. The molecule has 0 radical (unpaired) electrons. The van der Waals surface area contributed by atoms with Crippen molar-refractivity contribution in [1.29, 1.82) is 0 Å². The van der Waals surface area contributed by atoms with Gasteiger partial charge in [-0.05, 0) is 53.3 Å². The highest BCUT2D eigenvalue weighted by Gasteiger charge is 2.11. The average Bonchev–Trinajstić information content (AvgIpc) is 2.73. The first-order chi connectivity index (χ1) is 14.1. The molecule has 1 amide bonds. The van der Waals surface area contributed by atoms with Crippen LogP contribution in [0.1, 0.15) is 29.8 Å². The summed E-state index contributed by atoms with van der Waals surface area (Å²) in [6.45, 7) is 4.06. The number of hydrogen-bond acceptors (Lipinski definition) is 2. The number of carbonyl (C=O) groups is 1. The van der Waals surface area contributed by atoms with Crippen molar-refractivity contribution in [3.8, 4) is 11.1 Å². The van der Waals surface area contributed by atoms with E-state index in [2.05, 4.69) is 24.5 Å². The van der Waals surface area contributed by atoms with Crippen LogP contribution in [0.5, 0.6) is 0 Å². The van der Waals surface area contributed by atoms with Crippen LogP contribution in [-0.2, 0) is 6.42 Å². The van der Waals surface area contributed by atoms with Gasteiger partial charge in [-0.15, -0.1) is 0 Å². The third-order valence-corrected chi connectivity index (χ3v) is 4.64. The number of nitrogens with one attached hydrogen (secondary N) is 2. The standard InChI is InChI=1S/C25H27FN2O/c1-18(2)16-19-8-10-21(11-9-19)25(29)28-24-17-22(20-6-4-3-5-7-20)12-13-23(24)27-15-14-26/h3-13,17-18,27H,14-16H2,1-2H3,(H,28,29)/i26-1. The van der Waals surface area contributed by atoms with Crippen LogP contribution in [0.4, 0.5) is 15.8 Å². The fourth-order valence-corrected chi connectivity index (χ4v) is 3.25. The molecule has 3 aromatic carbocycles. The minimum atomic E-state index is -0.481. The summed E-state index contributed by atoms with van der Waals surface area (Å²) in [7, 11) is 0. The maximum absolute atomic E-state index is 12.8. The number of amides is 1. The Morgan fingerprint density at radius 2 is 1.62 bits per heavy atom. The maximum atomic E-state index is 12.8. The molecule has 0 bridgehead atoms. The Morgan fingerprint density at radius 1 is 0.897 bits per heavy atom. The second kappa shape index (κ2) is 9.87. The van der Waals surface area contributed by atoms with Crippen molar-refractivity contribution in [1.82, 2.24) is 0 Å². The molecule has 29 heavy (non-hydrogen) atoms. The molecule has 0 saturated carbocycles. The number of alkyl halides is 1. The summed E-state index contributed by atoms with van der Waals surface area (Å²) < 4.78 is 12.7. The van der Waals surface area contributed by atoms with Gasteiger partial charge in [0.1, 0.15) is 6.67 Å². The molecule has 0 fully saturated rings. The molecule has 0 atom stereocenters. The van der Waals surface area contributed by atoms with E-state index in [0.717, 1.165) is 17.5 Å². The molecule has 3 nitrogen and oxygen atoms in total. The van der Waals surface area contributed by atoms with Gasteiger partial charge >= 0.3 is 0 Å². The smallest absolute Gasteiger partial charge is 0.255 e. The lowest BCUT2D eigenvalue weighted by molar-refractivity contribution is 0.102. The van der Waals surface area contributed by atoms with Crippen molar-refractivity contribution in [3.63, 3.8) is 0 Å². The van der Waals surface area contributed by atoms with Crippen molar-refractivity contribution >= 4 is 17.3 Å². The molecular weight excluding hydrogens is 362 g/mol. The first-order valence-corrected chi connectivity index (χ1v) is 9.96. The zero-order chi connectivity index (χ0) is 20.6. The van der Waals surface area contributed by atoms with E-state index < -0.39 is 6.67 Å². The minimum Gasteiger partial charge on any atom is -0.381 e. The molecule has 0 spiro atoms. The van der Waals surface area contributed by atoms with Crippen molar-refractivity contribution in [2.45, 2.75) is 20.3 Å². The summed E-state index contributed by atoms with van der Waals surface area (Å²) >= 11 is 0. The molecule has 0 saturated heterocycles. The third kappa shape index (κ3) is 5.67. The molecule has 2 N–H and O–H groups in total. The van der Waals surface area contributed by atoms with Crippen LogP contribution in [-0.4, -0.2) is 19.1 Å². The van der Waals surface area contributed by atoms with Crippen LogP contribution in [0.3, 0.4) is 0 Å². The van der Waals surface area contributed by atoms with Crippen LogP contribution >= 0.6 is 0 Å². The Bertz CT molecular complexity index is 937.